The van der Waals surface area contributed by atoms with Gasteiger partial charge in [-0.25, -0.2) is 0 Å². The fourth-order valence-electron chi connectivity index (χ4n) is 1.82. The maximum atomic E-state index is 12.2. The van der Waals surface area contributed by atoms with Crippen LogP contribution < -0.4 is 5.32 Å². The molecule has 0 saturated heterocycles. The van der Waals surface area contributed by atoms with Crippen molar-refractivity contribution in [2.45, 2.75) is 19.8 Å². The predicted octanol–water partition coefficient (Wildman–Crippen LogP) is 5.32. The molecule has 0 aromatic heterocycles. The summed E-state index contributed by atoms with van der Waals surface area (Å²) in [4.78, 5) is 12.2. The van der Waals surface area contributed by atoms with Crippen molar-refractivity contribution < 1.29 is 4.79 Å². The Morgan fingerprint density at radius 2 is 1.80 bits per heavy atom. The maximum absolute atomic E-state index is 12.2. The van der Waals surface area contributed by atoms with Gasteiger partial charge >= 0.3 is 0 Å². The highest BCUT2D eigenvalue weighted by Crippen LogP contribution is 2.21. The quantitative estimate of drug-likeness (QED) is 0.695. The topological polar surface area (TPSA) is 29.1 Å². The Labute approximate surface area is 137 Å². The summed E-state index contributed by atoms with van der Waals surface area (Å²) in [6, 6.07) is 13.2. The summed E-state index contributed by atoms with van der Waals surface area (Å²) < 4.78 is 0.878. The number of hydrogen-bond acceptors (Lipinski definition) is 1. The number of halogens is 2. The van der Waals surface area contributed by atoms with Gasteiger partial charge in [0.1, 0.15) is 0 Å². The Kier molecular flexibility index (Phi) is 5.05. The van der Waals surface area contributed by atoms with E-state index in [2.05, 4.69) is 41.8 Å². The van der Waals surface area contributed by atoms with E-state index in [1.807, 2.05) is 30.3 Å². The number of rotatable bonds is 3. The van der Waals surface area contributed by atoms with Gasteiger partial charge in [-0.15, -0.1) is 0 Å². The van der Waals surface area contributed by atoms with E-state index in [1.165, 1.54) is 5.56 Å². The summed E-state index contributed by atoms with van der Waals surface area (Å²) in [5.41, 5.74) is 2.63. The molecule has 2 nitrogen and oxygen atoms in total. The van der Waals surface area contributed by atoms with E-state index in [4.69, 9.17) is 11.6 Å². The summed E-state index contributed by atoms with van der Waals surface area (Å²) in [7, 11) is 0. The molecule has 104 valence electrons. The zero-order valence-electron chi connectivity index (χ0n) is 11.3. The lowest BCUT2D eigenvalue weighted by atomic mass is 10.0. The van der Waals surface area contributed by atoms with Crippen molar-refractivity contribution in [1.82, 2.24) is 0 Å². The van der Waals surface area contributed by atoms with Gasteiger partial charge < -0.3 is 5.32 Å². The second-order valence-corrected chi connectivity index (χ2v) is 6.45. The molecule has 0 heterocycles. The third-order valence-corrected chi connectivity index (χ3v) is 4.18. The monoisotopic (exact) mass is 399 g/mol. The molecule has 2 aromatic rings. The second-order valence-electron chi connectivity index (χ2n) is 4.86. The predicted molar refractivity (Wildman–Crippen MR) is 92.7 cm³/mol. The van der Waals surface area contributed by atoms with Gasteiger partial charge in [-0.1, -0.05) is 37.6 Å². The van der Waals surface area contributed by atoms with Gasteiger partial charge in [0.15, 0.2) is 0 Å². The first-order valence-corrected chi connectivity index (χ1v) is 7.79. The summed E-state index contributed by atoms with van der Waals surface area (Å²) >= 11 is 8.07. The third-order valence-electron chi connectivity index (χ3n) is 3.01. The number of benzene rings is 2. The van der Waals surface area contributed by atoms with Crippen LogP contribution in [0.3, 0.4) is 0 Å². The highest BCUT2D eigenvalue weighted by atomic mass is 127. The van der Waals surface area contributed by atoms with E-state index >= 15 is 0 Å². The van der Waals surface area contributed by atoms with E-state index in [9.17, 15) is 4.79 Å². The smallest absolute Gasteiger partial charge is 0.256 e. The molecule has 0 atom stereocenters. The second kappa shape index (κ2) is 6.59. The van der Waals surface area contributed by atoms with Crippen LogP contribution >= 0.6 is 34.2 Å². The largest absolute Gasteiger partial charge is 0.322 e. The Morgan fingerprint density at radius 3 is 2.40 bits per heavy atom. The van der Waals surface area contributed by atoms with Crippen LogP contribution in [-0.2, 0) is 0 Å². The van der Waals surface area contributed by atoms with Gasteiger partial charge in [-0.2, -0.15) is 0 Å². The lowest BCUT2D eigenvalue weighted by molar-refractivity contribution is 0.102. The molecule has 2 rings (SSSR count). The van der Waals surface area contributed by atoms with Crippen molar-refractivity contribution in [2.75, 3.05) is 5.32 Å². The molecule has 0 aliphatic heterocycles. The van der Waals surface area contributed by atoms with Crippen LogP contribution in [0.25, 0.3) is 0 Å². The van der Waals surface area contributed by atoms with Gasteiger partial charge in [0.25, 0.3) is 5.91 Å². The van der Waals surface area contributed by atoms with E-state index in [1.54, 1.807) is 12.1 Å². The molecule has 0 bridgehead atoms. The molecular formula is C16H15ClINO. The normalized spacial score (nSPS) is 10.7. The van der Waals surface area contributed by atoms with E-state index in [0.717, 1.165) is 9.26 Å². The third kappa shape index (κ3) is 3.73. The fraction of sp³-hybridized carbons (Fsp3) is 0.188. The molecule has 0 unspecified atom stereocenters. The lowest BCUT2D eigenvalue weighted by Crippen LogP contribution is -2.13. The van der Waals surface area contributed by atoms with E-state index < -0.39 is 0 Å². The average molecular weight is 400 g/mol. The van der Waals surface area contributed by atoms with Crippen LogP contribution in [0.4, 0.5) is 5.69 Å². The Morgan fingerprint density at radius 1 is 1.15 bits per heavy atom. The minimum absolute atomic E-state index is 0.144. The van der Waals surface area contributed by atoms with Crippen LogP contribution in [0.2, 0.25) is 5.02 Å². The number of anilines is 1. The van der Waals surface area contributed by atoms with Crippen LogP contribution in [-0.4, -0.2) is 5.91 Å². The number of nitrogens with one attached hydrogen (secondary N) is 1. The van der Waals surface area contributed by atoms with E-state index in [0.29, 0.717) is 16.5 Å². The van der Waals surface area contributed by atoms with Crippen LogP contribution in [0.15, 0.2) is 42.5 Å². The Hall–Kier alpha value is -1.07. The molecule has 0 fully saturated rings. The van der Waals surface area contributed by atoms with Crippen molar-refractivity contribution in [1.29, 1.82) is 0 Å². The van der Waals surface area contributed by atoms with Crippen LogP contribution in [0, 0.1) is 3.57 Å². The molecule has 1 N–H and O–H groups in total. The van der Waals surface area contributed by atoms with Gasteiger partial charge in [-0.3, -0.25) is 4.79 Å². The maximum Gasteiger partial charge on any atom is 0.256 e. The first-order chi connectivity index (χ1) is 9.47. The fourth-order valence-corrected chi connectivity index (χ4v) is 2.57. The summed E-state index contributed by atoms with van der Waals surface area (Å²) in [6.07, 6.45) is 0. The molecular weight excluding hydrogens is 385 g/mol. The molecule has 20 heavy (non-hydrogen) atoms. The van der Waals surface area contributed by atoms with Crippen LogP contribution in [0.1, 0.15) is 35.7 Å². The van der Waals surface area contributed by atoms with Gasteiger partial charge in [-0.05, 0) is 64.4 Å². The molecule has 0 aliphatic rings. The highest BCUT2D eigenvalue weighted by Gasteiger charge is 2.11. The summed E-state index contributed by atoms with van der Waals surface area (Å²) in [6.45, 7) is 4.28. The minimum atomic E-state index is -0.144. The number of amides is 1. The molecule has 0 spiro atoms. The zero-order valence-corrected chi connectivity index (χ0v) is 14.2. The minimum Gasteiger partial charge on any atom is -0.322 e. The lowest BCUT2D eigenvalue weighted by Gasteiger charge is -2.09. The molecule has 0 saturated carbocycles. The van der Waals surface area contributed by atoms with Crippen molar-refractivity contribution in [3.8, 4) is 0 Å². The molecule has 4 heteroatoms. The first kappa shape index (κ1) is 15.3. The summed E-state index contributed by atoms with van der Waals surface area (Å²) in [5, 5.41) is 3.45. The van der Waals surface area contributed by atoms with Crippen LogP contribution in [0.5, 0.6) is 0 Å². The van der Waals surface area contributed by atoms with Crippen molar-refractivity contribution >= 4 is 45.8 Å². The molecule has 2 aromatic carbocycles. The summed E-state index contributed by atoms with van der Waals surface area (Å²) in [5.74, 6) is 0.336. The van der Waals surface area contributed by atoms with Crippen molar-refractivity contribution in [3.05, 3.63) is 62.2 Å². The average Bonchev–Trinajstić information content (AvgIpc) is 2.42. The Balaban J connectivity index is 2.17. The first-order valence-electron chi connectivity index (χ1n) is 6.33. The number of carbonyl (C=O) groups is 1. The number of hydrogen-bond donors (Lipinski definition) is 1. The van der Waals surface area contributed by atoms with Crippen molar-refractivity contribution in [3.63, 3.8) is 0 Å². The number of carbonyl (C=O) groups excluding carboxylic acids is 1. The van der Waals surface area contributed by atoms with E-state index in [-0.39, 0.29) is 5.91 Å². The molecule has 1 amide bonds. The van der Waals surface area contributed by atoms with Gasteiger partial charge in [0.05, 0.1) is 5.56 Å². The SMILES string of the molecule is CC(C)c1ccc(NC(=O)c2cc(Cl)ccc2I)cc1. The standard InChI is InChI=1S/C16H15ClINO/c1-10(2)11-3-6-13(7-4-11)19-16(20)14-9-12(17)5-8-15(14)18/h3-10H,1-2H3,(H,19,20). The molecule has 0 radical (unpaired) electrons. The van der Waals surface area contributed by atoms with Crippen molar-refractivity contribution in [2.24, 2.45) is 0 Å². The Bertz CT molecular complexity index is 623. The zero-order chi connectivity index (χ0) is 14.7. The van der Waals surface area contributed by atoms with Gasteiger partial charge in [0.2, 0.25) is 0 Å². The molecule has 0 aliphatic carbocycles. The highest BCUT2D eigenvalue weighted by molar-refractivity contribution is 14.1. The van der Waals surface area contributed by atoms with Gasteiger partial charge in [0, 0.05) is 14.3 Å².